The lowest BCUT2D eigenvalue weighted by atomic mass is 10.2. The first-order valence-electron chi connectivity index (χ1n) is 6.30. The highest BCUT2D eigenvalue weighted by molar-refractivity contribution is 9.10. The van der Waals surface area contributed by atoms with Gasteiger partial charge in [-0.05, 0) is 50.6 Å². The molecule has 21 heavy (non-hydrogen) atoms. The van der Waals surface area contributed by atoms with Crippen LogP contribution in [0.1, 0.15) is 16.7 Å². The van der Waals surface area contributed by atoms with Gasteiger partial charge in [0.2, 0.25) is 10.0 Å². The molecule has 0 fully saturated rings. The zero-order valence-electron chi connectivity index (χ0n) is 11.6. The molecule has 1 unspecified atom stereocenters. The summed E-state index contributed by atoms with van der Waals surface area (Å²) in [6.07, 6.45) is 0.579. The number of aryl methyl sites for hydroxylation is 1. The van der Waals surface area contributed by atoms with Gasteiger partial charge < -0.3 is 0 Å². The van der Waals surface area contributed by atoms with Gasteiger partial charge in [-0.25, -0.2) is 17.5 Å². The topological polar surface area (TPSA) is 46.2 Å². The second kappa shape index (κ2) is 6.56. The Morgan fingerprint density at radius 3 is 2.62 bits per heavy atom. The molecule has 0 aliphatic carbocycles. The summed E-state index contributed by atoms with van der Waals surface area (Å²) >= 11 is 4.73. The largest absolute Gasteiger partial charge is 0.243 e. The second-order valence-corrected chi connectivity index (χ2v) is 8.78. The minimum absolute atomic E-state index is 0.309. The van der Waals surface area contributed by atoms with Gasteiger partial charge in [0.25, 0.3) is 0 Å². The van der Waals surface area contributed by atoms with Crippen molar-refractivity contribution in [3.63, 3.8) is 0 Å². The molecule has 0 radical (unpaired) electrons. The number of sulfonamides is 1. The lowest BCUT2D eigenvalue weighted by molar-refractivity contribution is 0.542. The fourth-order valence-electron chi connectivity index (χ4n) is 1.96. The summed E-state index contributed by atoms with van der Waals surface area (Å²) in [7, 11) is -3.86. The van der Waals surface area contributed by atoms with Crippen LogP contribution in [0.3, 0.4) is 0 Å². The van der Waals surface area contributed by atoms with Gasteiger partial charge in [-0.2, -0.15) is 0 Å². The van der Waals surface area contributed by atoms with Crippen molar-refractivity contribution in [2.75, 3.05) is 0 Å². The number of hydrogen-bond donors (Lipinski definition) is 1. The van der Waals surface area contributed by atoms with E-state index in [1.165, 1.54) is 17.0 Å². The van der Waals surface area contributed by atoms with Crippen LogP contribution in [0.2, 0.25) is 0 Å². The summed E-state index contributed by atoms with van der Waals surface area (Å²) in [6, 6.07) is 7.56. The second-order valence-electron chi connectivity index (χ2n) is 4.81. The molecular formula is C14H15BrFNO2S2. The highest BCUT2D eigenvalue weighted by Crippen LogP contribution is 2.21. The molecule has 0 amide bonds. The first-order chi connectivity index (χ1) is 9.78. The van der Waals surface area contributed by atoms with Gasteiger partial charge in [-0.15, -0.1) is 11.3 Å². The smallest absolute Gasteiger partial charge is 0.208 e. The van der Waals surface area contributed by atoms with Crippen molar-refractivity contribution in [3.05, 3.63) is 50.4 Å². The third-order valence-electron chi connectivity index (χ3n) is 2.84. The number of nitrogens with one attached hydrogen (secondary N) is 1. The summed E-state index contributed by atoms with van der Waals surface area (Å²) in [5.41, 5.74) is 0. The van der Waals surface area contributed by atoms with E-state index in [0.717, 1.165) is 10.9 Å². The highest BCUT2D eigenvalue weighted by Gasteiger charge is 2.21. The Morgan fingerprint density at radius 2 is 2.05 bits per heavy atom. The lowest BCUT2D eigenvalue weighted by Gasteiger charge is -2.14. The Labute approximate surface area is 136 Å². The molecule has 0 saturated carbocycles. The normalized spacial score (nSPS) is 13.3. The summed E-state index contributed by atoms with van der Waals surface area (Å²) in [5.74, 6) is -0.768. The van der Waals surface area contributed by atoms with E-state index in [-0.39, 0.29) is 10.9 Å². The van der Waals surface area contributed by atoms with E-state index in [1.54, 1.807) is 18.3 Å². The van der Waals surface area contributed by atoms with Gasteiger partial charge >= 0.3 is 0 Å². The number of halogens is 2. The Kier molecular flexibility index (Phi) is 5.19. The molecular weight excluding hydrogens is 377 g/mol. The van der Waals surface area contributed by atoms with Crippen LogP contribution >= 0.6 is 27.3 Å². The van der Waals surface area contributed by atoms with E-state index in [0.29, 0.717) is 10.9 Å². The predicted molar refractivity (Wildman–Crippen MR) is 86.6 cm³/mol. The van der Waals surface area contributed by atoms with E-state index >= 15 is 0 Å². The van der Waals surface area contributed by atoms with E-state index in [4.69, 9.17) is 0 Å². The standard InChI is InChI=1S/C14H15BrFNO2S2/c1-9(7-12-5-3-10(2)20-12)17-21(18,19)14-6-4-11(15)8-13(14)16/h3-6,8-9,17H,7H2,1-2H3. The molecule has 0 bridgehead atoms. The van der Waals surface area contributed by atoms with Crippen molar-refractivity contribution in [2.24, 2.45) is 0 Å². The quantitative estimate of drug-likeness (QED) is 0.840. The van der Waals surface area contributed by atoms with Crippen molar-refractivity contribution in [2.45, 2.75) is 31.2 Å². The molecule has 0 saturated heterocycles. The Hall–Kier alpha value is -0.760. The van der Waals surface area contributed by atoms with Crippen molar-refractivity contribution in [1.82, 2.24) is 4.72 Å². The highest BCUT2D eigenvalue weighted by atomic mass is 79.9. The van der Waals surface area contributed by atoms with Crippen LogP contribution in [-0.4, -0.2) is 14.5 Å². The lowest BCUT2D eigenvalue weighted by Crippen LogP contribution is -2.34. The maximum Gasteiger partial charge on any atom is 0.243 e. The average molecular weight is 392 g/mol. The van der Waals surface area contributed by atoms with Crippen LogP contribution in [0.4, 0.5) is 4.39 Å². The molecule has 7 heteroatoms. The molecule has 1 N–H and O–H groups in total. The van der Waals surface area contributed by atoms with Crippen LogP contribution in [0, 0.1) is 12.7 Å². The van der Waals surface area contributed by atoms with E-state index in [2.05, 4.69) is 20.7 Å². The molecule has 0 aliphatic heterocycles. The van der Waals surface area contributed by atoms with Gasteiger partial charge in [0.05, 0.1) is 0 Å². The number of benzene rings is 1. The Balaban J connectivity index is 2.13. The van der Waals surface area contributed by atoms with Gasteiger partial charge in [0.1, 0.15) is 10.7 Å². The van der Waals surface area contributed by atoms with Crippen LogP contribution < -0.4 is 4.72 Å². The van der Waals surface area contributed by atoms with Gasteiger partial charge in [-0.3, -0.25) is 0 Å². The zero-order chi connectivity index (χ0) is 15.6. The molecule has 114 valence electrons. The van der Waals surface area contributed by atoms with Crippen molar-refractivity contribution in [3.8, 4) is 0 Å². The number of hydrogen-bond acceptors (Lipinski definition) is 3. The van der Waals surface area contributed by atoms with Gasteiger partial charge in [0, 0.05) is 20.3 Å². The fourth-order valence-corrected chi connectivity index (χ4v) is 4.61. The Morgan fingerprint density at radius 1 is 1.33 bits per heavy atom. The van der Waals surface area contributed by atoms with Crippen LogP contribution in [0.5, 0.6) is 0 Å². The third-order valence-corrected chi connectivity index (χ3v) is 5.98. The van der Waals surface area contributed by atoms with Crippen molar-refractivity contribution >= 4 is 37.3 Å². The summed E-state index contributed by atoms with van der Waals surface area (Å²) in [6.45, 7) is 3.77. The summed E-state index contributed by atoms with van der Waals surface area (Å²) < 4.78 is 41.2. The maximum absolute atomic E-state index is 13.8. The molecule has 2 rings (SSSR count). The first kappa shape index (κ1) is 16.6. The SMILES string of the molecule is Cc1ccc(CC(C)NS(=O)(=O)c2ccc(Br)cc2F)s1. The van der Waals surface area contributed by atoms with Gasteiger partial charge in [0.15, 0.2) is 0 Å². The molecule has 1 heterocycles. The Bertz CT molecular complexity index is 743. The number of rotatable bonds is 5. The zero-order valence-corrected chi connectivity index (χ0v) is 14.8. The van der Waals surface area contributed by atoms with Crippen molar-refractivity contribution < 1.29 is 12.8 Å². The molecule has 0 aliphatic rings. The van der Waals surface area contributed by atoms with Crippen LogP contribution in [0.25, 0.3) is 0 Å². The fraction of sp³-hybridized carbons (Fsp3) is 0.286. The predicted octanol–water partition coefficient (Wildman–Crippen LogP) is 3.87. The molecule has 0 spiro atoms. The van der Waals surface area contributed by atoms with Gasteiger partial charge in [-0.1, -0.05) is 15.9 Å². The minimum Gasteiger partial charge on any atom is -0.208 e. The number of thiophene rings is 1. The summed E-state index contributed by atoms with van der Waals surface area (Å²) in [4.78, 5) is 1.94. The average Bonchev–Trinajstić information content (AvgIpc) is 2.72. The maximum atomic E-state index is 13.8. The van der Waals surface area contributed by atoms with Crippen molar-refractivity contribution in [1.29, 1.82) is 0 Å². The monoisotopic (exact) mass is 391 g/mol. The van der Waals surface area contributed by atoms with Crippen LogP contribution in [0.15, 0.2) is 39.7 Å². The van der Waals surface area contributed by atoms with E-state index < -0.39 is 15.8 Å². The molecule has 1 aromatic heterocycles. The minimum atomic E-state index is -3.86. The summed E-state index contributed by atoms with van der Waals surface area (Å²) in [5, 5.41) is 0. The third kappa shape index (κ3) is 4.35. The molecule has 2 aromatic rings. The molecule has 1 atom stereocenters. The van der Waals surface area contributed by atoms with Crippen LogP contribution in [-0.2, 0) is 16.4 Å². The first-order valence-corrected chi connectivity index (χ1v) is 9.40. The van der Waals surface area contributed by atoms with E-state index in [9.17, 15) is 12.8 Å². The van der Waals surface area contributed by atoms with E-state index in [1.807, 2.05) is 19.1 Å². The molecule has 1 aromatic carbocycles. The molecule has 3 nitrogen and oxygen atoms in total.